The fourth-order valence-electron chi connectivity index (χ4n) is 2.05. The van der Waals surface area contributed by atoms with Gasteiger partial charge in [0.2, 0.25) is 0 Å². The van der Waals surface area contributed by atoms with Crippen molar-refractivity contribution in [1.29, 1.82) is 0 Å². The number of carbonyl (C=O) groups is 1. The highest BCUT2D eigenvalue weighted by Crippen LogP contribution is 2.33. The van der Waals surface area contributed by atoms with Gasteiger partial charge >= 0.3 is 6.09 Å². The third kappa shape index (κ3) is 2.30. The Balaban J connectivity index is 2.23. The second-order valence-electron chi connectivity index (χ2n) is 3.88. The quantitative estimate of drug-likeness (QED) is 0.818. The molecule has 1 amide bonds. The predicted octanol–water partition coefficient (Wildman–Crippen LogP) is 3.07. The molecule has 0 saturated heterocycles. The normalized spacial score (nSPS) is 18.8. The van der Waals surface area contributed by atoms with Gasteiger partial charge in [-0.3, -0.25) is 0 Å². The van der Waals surface area contributed by atoms with Gasteiger partial charge in [0.15, 0.2) is 0 Å². The number of hydrogen-bond acceptors (Lipinski definition) is 2. The molecule has 1 aliphatic rings. The molecule has 2 rings (SSSR count). The molecular weight excluding hydrogens is 226 g/mol. The van der Waals surface area contributed by atoms with E-state index in [4.69, 9.17) is 16.3 Å². The number of carbonyl (C=O) groups excluding carboxylic acids is 1. The number of hydrogen-bond donors (Lipinski definition) is 1. The van der Waals surface area contributed by atoms with Gasteiger partial charge in [0.05, 0.1) is 0 Å². The first kappa shape index (κ1) is 11.3. The van der Waals surface area contributed by atoms with E-state index in [0.29, 0.717) is 0 Å². The molecule has 1 aromatic carbocycles. The molecule has 0 radical (unpaired) electrons. The highest BCUT2D eigenvalue weighted by molar-refractivity contribution is 6.30. The number of halogens is 1. The van der Waals surface area contributed by atoms with Crippen molar-refractivity contribution in [1.82, 2.24) is 5.32 Å². The van der Waals surface area contributed by atoms with Crippen molar-refractivity contribution in [3.8, 4) is 0 Å². The Kier molecular flexibility index (Phi) is 3.34. The molecule has 1 aromatic rings. The molecular formula is C12H14ClNO2. The highest BCUT2D eigenvalue weighted by Gasteiger charge is 2.23. The lowest BCUT2D eigenvalue weighted by Gasteiger charge is -2.25. The smallest absolute Gasteiger partial charge is 0.407 e. The van der Waals surface area contributed by atoms with Crippen LogP contribution in [0.1, 0.15) is 30.1 Å². The van der Waals surface area contributed by atoms with E-state index in [0.717, 1.165) is 29.8 Å². The zero-order valence-electron chi connectivity index (χ0n) is 9.13. The van der Waals surface area contributed by atoms with Crippen LogP contribution in [-0.4, -0.2) is 13.1 Å². The summed E-state index contributed by atoms with van der Waals surface area (Å²) in [5.74, 6) is 0. The zero-order chi connectivity index (χ0) is 11.5. The van der Waals surface area contributed by atoms with E-state index in [9.17, 15) is 4.79 Å². The Morgan fingerprint density at radius 1 is 1.56 bits per heavy atom. The summed E-state index contributed by atoms with van der Waals surface area (Å²) >= 11 is 5.94. The van der Waals surface area contributed by atoms with Crippen LogP contribution in [0.15, 0.2) is 18.2 Å². The zero-order valence-corrected chi connectivity index (χ0v) is 9.88. The minimum Gasteiger partial charge on any atom is -0.441 e. The summed E-state index contributed by atoms with van der Waals surface area (Å²) in [5, 5.41) is 3.20. The first-order valence-corrected chi connectivity index (χ1v) is 5.75. The van der Waals surface area contributed by atoms with Gasteiger partial charge in [-0.2, -0.15) is 0 Å². The third-order valence-electron chi connectivity index (χ3n) is 2.82. The molecule has 0 heterocycles. The number of ether oxygens (including phenoxy) is 1. The van der Waals surface area contributed by atoms with Gasteiger partial charge in [-0.15, -0.1) is 0 Å². The molecule has 1 aliphatic carbocycles. The van der Waals surface area contributed by atoms with Crippen molar-refractivity contribution in [3.05, 3.63) is 34.3 Å². The maximum atomic E-state index is 11.2. The summed E-state index contributed by atoms with van der Waals surface area (Å²) in [7, 11) is 1.56. The first-order chi connectivity index (χ1) is 7.70. The van der Waals surface area contributed by atoms with E-state index in [1.54, 1.807) is 7.05 Å². The van der Waals surface area contributed by atoms with Gasteiger partial charge in [0.25, 0.3) is 0 Å². The summed E-state index contributed by atoms with van der Waals surface area (Å²) in [5.41, 5.74) is 2.27. The molecule has 0 fully saturated rings. The van der Waals surface area contributed by atoms with Crippen molar-refractivity contribution in [2.45, 2.75) is 25.4 Å². The summed E-state index contributed by atoms with van der Waals surface area (Å²) in [6.07, 6.45) is 2.38. The predicted molar refractivity (Wildman–Crippen MR) is 62.7 cm³/mol. The summed E-state index contributed by atoms with van der Waals surface area (Å²) in [6.45, 7) is 0. The van der Waals surface area contributed by atoms with E-state index in [2.05, 4.69) is 5.32 Å². The molecule has 16 heavy (non-hydrogen) atoms. The second-order valence-corrected chi connectivity index (χ2v) is 4.32. The van der Waals surface area contributed by atoms with Crippen LogP contribution in [0, 0.1) is 0 Å². The molecule has 0 saturated carbocycles. The molecule has 1 N–H and O–H groups in total. The van der Waals surface area contributed by atoms with E-state index in [-0.39, 0.29) is 12.2 Å². The van der Waals surface area contributed by atoms with Crippen LogP contribution in [0.5, 0.6) is 0 Å². The number of benzene rings is 1. The number of rotatable bonds is 1. The molecule has 0 aliphatic heterocycles. The van der Waals surface area contributed by atoms with Crippen LogP contribution < -0.4 is 5.32 Å². The molecule has 0 spiro atoms. The maximum Gasteiger partial charge on any atom is 0.407 e. The van der Waals surface area contributed by atoms with Gasteiger partial charge in [-0.1, -0.05) is 17.7 Å². The van der Waals surface area contributed by atoms with E-state index < -0.39 is 0 Å². The Morgan fingerprint density at radius 2 is 2.38 bits per heavy atom. The van der Waals surface area contributed by atoms with Gasteiger partial charge < -0.3 is 10.1 Å². The number of nitrogens with one attached hydrogen (secondary N) is 1. The van der Waals surface area contributed by atoms with Crippen molar-refractivity contribution in [3.63, 3.8) is 0 Å². The number of aryl methyl sites for hydroxylation is 1. The summed E-state index contributed by atoms with van der Waals surface area (Å²) in [4.78, 5) is 11.2. The molecule has 1 unspecified atom stereocenters. The fraction of sp³-hybridized carbons (Fsp3) is 0.417. The molecule has 86 valence electrons. The topological polar surface area (TPSA) is 38.3 Å². The minimum atomic E-state index is -0.382. The lowest BCUT2D eigenvalue weighted by Crippen LogP contribution is -2.24. The van der Waals surface area contributed by atoms with Crippen LogP contribution in [0.2, 0.25) is 5.02 Å². The average molecular weight is 240 g/mol. The van der Waals surface area contributed by atoms with E-state index in [1.807, 2.05) is 18.2 Å². The van der Waals surface area contributed by atoms with Crippen LogP contribution >= 0.6 is 11.6 Å². The molecule has 0 bridgehead atoms. The monoisotopic (exact) mass is 239 g/mol. The van der Waals surface area contributed by atoms with Crippen molar-refractivity contribution >= 4 is 17.7 Å². The molecule has 3 nitrogen and oxygen atoms in total. The van der Waals surface area contributed by atoms with Crippen molar-refractivity contribution < 1.29 is 9.53 Å². The Hall–Kier alpha value is -1.22. The van der Waals surface area contributed by atoms with Gasteiger partial charge in [-0.05, 0) is 42.5 Å². The largest absolute Gasteiger partial charge is 0.441 e. The minimum absolute atomic E-state index is 0.138. The van der Waals surface area contributed by atoms with Crippen LogP contribution in [0.25, 0.3) is 0 Å². The Morgan fingerprint density at radius 3 is 3.12 bits per heavy atom. The van der Waals surface area contributed by atoms with E-state index in [1.165, 1.54) is 5.56 Å². The van der Waals surface area contributed by atoms with Crippen LogP contribution in [0.3, 0.4) is 0 Å². The maximum absolute atomic E-state index is 11.2. The SMILES string of the molecule is CNC(=O)OC1CCCc2cc(Cl)ccc21. The fourth-order valence-corrected chi connectivity index (χ4v) is 2.24. The molecule has 1 atom stereocenters. The summed E-state index contributed by atoms with van der Waals surface area (Å²) in [6, 6.07) is 5.74. The number of fused-ring (bicyclic) bond motifs is 1. The van der Waals surface area contributed by atoms with Crippen LogP contribution in [-0.2, 0) is 11.2 Å². The Labute approximate surface area is 99.7 Å². The van der Waals surface area contributed by atoms with E-state index >= 15 is 0 Å². The van der Waals surface area contributed by atoms with Gasteiger partial charge in [0.1, 0.15) is 6.10 Å². The van der Waals surface area contributed by atoms with Gasteiger partial charge in [-0.25, -0.2) is 4.79 Å². The summed E-state index contributed by atoms with van der Waals surface area (Å²) < 4.78 is 5.31. The highest BCUT2D eigenvalue weighted by atomic mass is 35.5. The first-order valence-electron chi connectivity index (χ1n) is 5.37. The van der Waals surface area contributed by atoms with Crippen LogP contribution in [0.4, 0.5) is 4.79 Å². The average Bonchev–Trinajstić information content (AvgIpc) is 2.28. The standard InChI is InChI=1S/C12H14ClNO2/c1-14-12(15)16-11-4-2-3-8-7-9(13)5-6-10(8)11/h5-7,11H,2-4H2,1H3,(H,14,15). The molecule has 0 aromatic heterocycles. The lowest BCUT2D eigenvalue weighted by atomic mass is 9.89. The number of amides is 1. The van der Waals surface area contributed by atoms with Gasteiger partial charge in [0, 0.05) is 12.1 Å². The number of alkyl carbamates (subject to hydrolysis) is 1. The second kappa shape index (κ2) is 4.74. The Bertz CT molecular complexity index is 406. The van der Waals surface area contributed by atoms with Crippen molar-refractivity contribution in [2.24, 2.45) is 0 Å². The van der Waals surface area contributed by atoms with Crippen molar-refractivity contribution in [2.75, 3.05) is 7.05 Å². The third-order valence-corrected chi connectivity index (χ3v) is 3.05. The molecule has 4 heteroatoms. The lowest BCUT2D eigenvalue weighted by molar-refractivity contribution is 0.0892.